The SMILES string of the molecule is CCCCCCCCCCCCCC(=O)NNC(=O)COc1ccc(C)cc1. The van der Waals surface area contributed by atoms with E-state index in [-0.39, 0.29) is 18.4 Å². The molecule has 0 saturated carbocycles. The summed E-state index contributed by atoms with van der Waals surface area (Å²) in [5.74, 6) is 0.112. The minimum Gasteiger partial charge on any atom is -0.484 e. The zero-order chi connectivity index (χ0) is 20.5. The molecule has 0 heterocycles. The molecule has 0 unspecified atom stereocenters. The van der Waals surface area contributed by atoms with Crippen molar-refractivity contribution in [3.63, 3.8) is 0 Å². The van der Waals surface area contributed by atoms with Crippen molar-refractivity contribution >= 4 is 11.8 Å². The van der Waals surface area contributed by atoms with Gasteiger partial charge in [0, 0.05) is 6.42 Å². The highest BCUT2D eigenvalue weighted by atomic mass is 16.5. The molecular formula is C23H38N2O3. The summed E-state index contributed by atoms with van der Waals surface area (Å²) in [6, 6.07) is 7.46. The third-order valence-electron chi connectivity index (χ3n) is 4.74. The van der Waals surface area contributed by atoms with Gasteiger partial charge in [0.1, 0.15) is 5.75 Å². The average molecular weight is 391 g/mol. The Morgan fingerprint density at radius 3 is 1.82 bits per heavy atom. The minimum absolute atomic E-state index is 0.123. The zero-order valence-electron chi connectivity index (χ0n) is 17.7. The number of hydrazine groups is 1. The summed E-state index contributed by atoms with van der Waals surface area (Å²) in [6.07, 6.45) is 14.2. The number of aryl methyl sites for hydroxylation is 1. The number of rotatable bonds is 15. The molecule has 0 aromatic heterocycles. The van der Waals surface area contributed by atoms with E-state index in [1.165, 1.54) is 57.8 Å². The molecule has 0 saturated heterocycles. The van der Waals surface area contributed by atoms with Crippen LogP contribution in [0.5, 0.6) is 5.75 Å². The molecule has 2 amide bonds. The van der Waals surface area contributed by atoms with E-state index >= 15 is 0 Å². The maximum absolute atomic E-state index is 11.8. The van der Waals surface area contributed by atoms with Crippen molar-refractivity contribution in [2.45, 2.75) is 90.9 Å². The van der Waals surface area contributed by atoms with Crippen LogP contribution in [0.2, 0.25) is 0 Å². The summed E-state index contributed by atoms with van der Waals surface area (Å²) < 4.78 is 5.36. The van der Waals surface area contributed by atoms with Gasteiger partial charge in [0.15, 0.2) is 6.61 Å². The van der Waals surface area contributed by atoms with E-state index in [2.05, 4.69) is 17.8 Å². The maximum atomic E-state index is 11.8. The average Bonchev–Trinajstić information content (AvgIpc) is 2.70. The predicted octanol–water partition coefficient (Wildman–Crippen LogP) is 5.22. The van der Waals surface area contributed by atoms with Crippen LogP contribution in [-0.2, 0) is 9.59 Å². The highest BCUT2D eigenvalue weighted by Gasteiger charge is 2.05. The van der Waals surface area contributed by atoms with Crippen molar-refractivity contribution in [1.82, 2.24) is 10.9 Å². The lowest BCUT2D eigenvalue weighted by Gasteiger charge is -2.09. The van der Waals surface area contributed by atoms with Gasteiger partial charge in [-0.25, -0.2) is 0 Å². The van der Waals surface area contributed by atoms with E-state index in [1.807, 2.05) is 31.2 Å². The standard InChI is InChI=1S/C23H38N2O3/c1-3-4-5-6-7-8-9-10-11-12-13-14-22(26)24-25-23(27)19-28-21-17-15-20(2)16-18-21/h15-18H,3-14,19H2,1-2H3,(H,24,26)(H,25,27). The van der Waals surface area contributed by atoms with Gasteiger partial charge in [0.05, 0.1) is 0 Å². The molecule has 0 fully saturated rings. The Kier molecular flexibility index (Phi) is 13.7. The van der Waals surface area contributed by atoms with E-state index < -0.39 is 0 Å². The Morgan fingerprint density at radius 2 is 1.25 bits per heavy atom. The fourth-order valence-corrected chi connectivity index (χ4v) is 2.97. The van der Waals surface area contributed by atoms with Crippen LogP contribution in [0.3, 0.4) is 0 Å². The third kappa shape index (κ3) is 13.2. The van der Waals surface area contributed by atoms with Gasteiger partial charge in [-0.15, -0.1) is 0 Å². The number of benzene rings is 1. The molecule has 0 radical (unpaired) electrons. The van der Waals surface area contributed by atoms with Gasteiger partial charge in [-0.1, -0.05) is 88.8 Å². The van der Waals surface area contributed by atoms with Crippen LogP contribution in [-0.4, -0.2) is 18.4 Å². The Bertz CT molecular complexity index is 543. The van der Waals surface area contributed by atoms with E-state index in [1.54, 1.807) is 0 Å². The molecule has 2 N–H and O–H groups in total. The summed E-state index contributed by atoms with van der Waals surface area (Å²) in [5, 5.41) is 0. The van der Waals surface area contributed by atoms with Crippen LogP contribution in [0.1, 0.15) is 89.5 Å². The number of carbonyl (C=O) groups is 2. The zero-order valence-corrected chi connectivity index (χ0v) is 17.7. The van der Waals surface area contributed by atoms with E-state index in [0.717, 1.165) is 18.4 Å². The highest BCUT2D eigenvalue weighted by molar-refractivity contribution is 5.82. The van der Waals surface area contributed by atoms with E-state index in [0.29, 0.717) is 12.2 Å². The number of amides is 2. The lowest BCUT2D eigenvalue weighted by Crippen LogP contribution is -2.43. The topological polar surface area (TPSA) is 67.4 Å². The fraction of sp³-hybridized carbons (Fsp3) is 0.652. The quantitative estimate of drug-likeness (QED) is 0.319. The van der Waals surface area contributed by atoms with Crippen molar-refractivity contribution < 1.29 is 14.3 Å². The molecular weight excluding hydrogens is 352 g/mol. The lowest BCUT2D eigenvalue weighted by molar-refractivity contribution is -0.130. The molecule has 0 aliphatic carbocycles. The second-order valence-corrected chi connectivity index (χ2v) is 7.48. The van der Waals surface area contributed by atoms with Crippen LogP contribution >= 0.6 is 0 Å². The number of ether oxygens (including phenoxy) is 1. The van der Waals surface area contributed by atoms with Gasteiger partial charge < -0.3 is 4.74 Å². The second-order valence-electron chi connectivity index (χ2n) is 7.48. The molecule has 0 spiro atoms. The number of hydrogen-bond donors (Lipinski definition) is 2. The molecule has 0 aliphatic heterocycles. The Balaban J connectivity index is 1.92. The molecule has 0 aliphatic rings. The number of hydrogen-bond acceptors (Lipinski definition) is 3. The molecule has 0 atom stereocenters. The first-order valence-electron chi connectivity index (χ1n) is 10.9. The molecule has 0 bridgehead atoms. The molecule has 28 heavy (non-hydrogen) atoms. The third-order valence-corrected chi connectivity index (χ3v) is 4.74. The summed E-state index contributed by atoms with van der Waals surface area (Å²) in [7, 11) is 0. The largest absolute Gasteiger partial charge is 0.484 e. The molecule has 5 nitrogen and oxygen atoms in total. The summed E-state index contributed by atoms with van der Waals surface area (Å²) in [6.45, 7) is 4.11. The number of nitrogens with one attached hydrogen (secondary N) is 2. The molecule has 1 rings (SSSR count). The van der Waals surface area contributed by atoms with Crippen molar-refractivity contribution in [2.24, 2.45) is 0 Å². The van der Waals surface area contributed by atoms with Crippen molar-refractivity contribution in [3.8, 4) is 5.75 Å². The molecule has 158 valence electrons. The summed E-state index contributed by atoms with van der Waals surface area (Å²) in [4.78, 5) is 23.4. The van der Waals surface area contributed by atoms with Crippen molar-refractivity contribution in [2.75, 3.05) is 6.61 Å². The molecule has 5 heteroatoms. The van der Waals surface area contributed by atoms with Gasteiger partial charge in [-0.2, -0.15) is 0 Å². The van der Waals surface area contributed by atoms with Crippen LogP contribution < -0.4 is 15.6 Å². The first-order valence-corrected chi connectivity index (χ1v) is 10.9. The smallest absolute Gasteiger partial charge is 0.276 e. The van der Waals surface area contributed by atoms with Crippen LogP contribution in [0, 0.1) is 6.92 Å². The van der Waals surface area contributed by atoms with Crippen molar-refractivity contribution in [3.05, 3.63) is 29.8 Å². The van der Waals surface area contributed by atoms with E-state index in [9.17, 15) is 9.59 Å². The van der Waals surface area contributed by atoms with Crippen LogP contribution in [0.15, 0.2) is 24.3 Å². The Labute approximate surface area is 170 Å². The van der Waals surface area contributed by atoms with E-state index in [4.69, 9.17) is 4.74 Å². The van der Waals surface area contributed by atoms with Gasteiger partial charge in [-0.3, -0.25) is 20.4 Å². The van der Waals surface area contributed by atoms with Gasteiger partial charge >= 0.3 is 0 Å². The number of unbranched alkanes of at least 4 members (excludes halogenated alkanes) is 10. The Morgan fingerprint density at radius 1 is 0.750 bits per heavy atom. The van der Waals surface area contributed by atoms with Gasteiger partial charge in [0.2, 0.25) is 5.91 Å². The Hall–Kier alpha value is -2.04. The first-order chi connectivity index (χ1) is 13.6. The normalized spacial score (nSPS) is 10.5. The van der Waals surface area contributed by atoms with Gasteiger partial charge in [-0.05, 0) is 25.5 Å². The van der Waals surface area contributed by atoms with Crippen LogP contribution in [0.25, 0.3) is 0 Å². The van der Waals surface area contributed by atoms with Crippen LogP contribution in [0.4, 0.5) is 0 Å². The molecule has 1 aromatic rings. The summed E-state index contributed by atoms with van der Waals surface area (Å²) >= 11 is 0. The maximum Gasteiger partial charge on any atom is 0.276 e. The van der Waals surface area contributed by atoms with Crippen molar-refractivity contribution in [1.29, 1.82) is 0 Å². The number of carbonyl (C=O) groups excluding carboxylic acids is 2. The molecule has 1 aromatic carbocycles. The minimum atomic E-state index is -0.368. The lowest BCUT2D eigenvalue weighted by atomic mass is 10.1. The van der Waals surface area contributed by atoms with Gasteiger partial charge in [0.25, 0.3) is 5.91 Å². The summed E-state index contributed by atoms with van der Waals surface area (Å²) in [5.41, 5.74) is 5.97. The first kappa shape index (κ1) is 24.0. The highest BCUT2D eigenvalue weighted by Crippen LogP contribution is 2.12. The second kappa shape index (κ2) is 16.0. The predicted molar refractivity (Wildman–Crippen MR) is 114 cm³/mol. The monoisotopic (exact) mass is 390 g/mol. The fourth-order valence-electron chi connectivity index (χ4n) is 2.97.